The molecule has 1 N–H and O–H groups in total. The van der Waals surface area contributed by atoms with Crippen molar-refractivity contribution in [2.45, 2.75) is 18.6 Å². The zero-order valence-electron chi connectivity index (χ0n) is 13.1. The SMILES string of the molecule is COc1cc(F)ccc1O[C@@H]1CCN(C(=O)c2ccoc2)C[C@H]1O. The number of nitrogens with zero attached hydrogens (tertiary/aromatic N) is 1. The predicted octanol–water partition coefficient (Wildman–Crippen LogP) is 2.08. The van der Waals surface area contributed by atoms with Crippen molar-refractivity contribution < 1.29 is 28.2 Å². The van der Waals surface area contributed by atoms with Crippen LogP contribution < -0.4 is 9.47 Å². The van der Waals surface area contributed by atoms with Gasteiger partial charge in [-0.2, -0.15) is 0 Å². The lowest BCUT2D eigenvalue weighted by Crippen LogP contribution is -2.51. The molecule has 1 aliphatic rings. The van der Waals surface area contributed by atoms with Crippen molar-refractivity contribution in [3.05, 3.63) is 48.2 Å². The first-order valence-corrected chi connectivity index (χ1v) is 7.58. The molecule has 1 aliphatic heterocycles. The van der Waals surface area contributed by atoms with Crippen molar-refractivity contribution in [1.82, 2.24) is 4.90 Å². The van der Waals surface area contributed by atoms with Crippen LogP contribution in [0.4, 0.5) is 4.39 Å². The number of piperidine rings is 1. The number of aliphatic hydroxyl groups is 1. The Balaban J connectivity index is 1.65. The number of carbonyl (C=O) groups excluding carboxylic acids is 1. The molecule has 1 amide bonds. The second-order valence-corrected chi connectivity index (χ2v) is 5.57. The third-order valence-corrected chi connectivity index (χ3v) is 3.98. The second-order valence-electron chi connectivity index (χ2n) is 5.57. The summed E-state index contributed by atoms with van der Waals surface area (Å²) < 4.78 is 29.0. The van der Waals surface area contributed by atoms with E-state index in [1.807, 2.05) is 0 Å². The molecular weight excluding hydrogens is 317 g/mol. The largest absolute Gasteiger partial charge is 0.493 e. The number of amides is 1. The number of halogens is 1. The number of likely N-dealkylation sites (tertiary alicyclic amines) is 1. The monoisotopic (exact) mass is 335 g/mol. The first-order valence-electron chi connectivity index (χ1n) is 7.58. The number of hydrogen-bond donors (Lipinski definition) is 1. The number of aliphatic hydroxyl groups excluding tert-OH is 1. The minimum absolute atomic E-state index is 0.151. The Kier molecular flexibility index (Phi) is 4.71. The van der Waals surface area contributed by atoms with E-state index in [1.165, 1.54) is 37.8 Å². The van der Waals surface area contributed by atoms with Crippen LogP contribution in [0.1, 0.15) is 16.8 Å². The van der Waals surface area contributed by atoms with Crippen LogP contribution in [0.15, 0.2) is 41.2 Å². The minimum Gasteiger partial charge on any atom is -0.493 e. The molecule has 6 nitrogen and oxygen atoms in total. The van der Waals surface area contributed by atoms with E-state index in [0.29, 0.717) is 24.3 Å². The van der Waals surface area contributed by atoms with Gasteiger partial charge >= 0.3 is 0 Å². The van der Waals surface area contributed by atoms with E-state index in [2.05, 4.69) is 0 Å². The van der Waals surface area contributed by atoms with Gasteiger partial charge < -0.3 is 23.9 Å². The topological polar surface area (TPSA) is 72.1 Å². The second kappa shape index (κ2) is 6.92. The van der Waals surface area contributed by atoms with Crippen LogP contribution in [0.2, 0.25) is 0 Å². The molecule has 1 aromatic carbocycles. The van der Waals surface area contributed by atoms with Gasteiger partial charge in [-0.1, -0.05) is 0 Å². The summed E-state index contributed by atoms with van der Waals surface area (Å²) in [6.07, 6.45) is 1.90. The highest BCUT2D eigenvalue weighted by Crippen LogP contribution is 2.30. The molecule has 0 aliphatic carbocycles. The lowest BCUT2D eigenvalue weighted by molar-refractivity contribution is -0.0207. The van der Waals surface area contributed by atoms with Crippen molar-refractivity contribution >= 4 is 5.91 Å². The Morgan fingerprint density at radius 3 is 2.88 bits per heavy atom. The number of hydrogen-bond acceptors (Lipinski definition) is 5. The fraction of sp³-hybridized carbons (Fsp3) is 0.353. The summed E-state index contributed by atoms with van der Waals surface area (Å²) in [4.78, 5) is 13.8. The molecule has 1 aromatic heterocycles. The van der Waals surface area contributed by atoms with Crippen molar-refractivity contribution in [3.8, 4) is 11.5 Å². The molecule has 1 saturated heterocycles. The Labute approximate surface area is 138 Å². The molecule has 24 heavy (non-hydrogen) atoms. The van der Waals surface area contributed by atoms with Crippen LogP contribution in [-0.4, -0.2) is 48.3 Å². The van der Waals surface area contributed by atoms with E-state index in [-0.39, 0.29) is 18.2 Å². The third-order valence-electron chi connectivity index (χ3n) is 3.98. The van der Waals surface area contributed by atoms with Crippen LogP contribution in [-0.2, 0) is 0 Å². The van der Waals surface area contributed by atoms with Gasteiger partial charge in [-0.25, -0.2) is 4.39 Å². The summed E-state index contributed by atoms with van der Waals surface area (Å²) in [6.45, 7) is 0.591. The normalized spacial score (nSPS) is 20.7. The quantitative estimate of drug-likeness (QED) is 0.926. The van der Waals surface area contributed by atoms with Gasteiger partial charge in [0.2, 0.25) is 0 Å². The summed E-state index contributed by atoms with van der Waals surface area (Å²) in [5.41, 5.74) is 0.446. The summed E-state index contributed by atoms with van der Waals surface area (Å²) in [5.74, 6) is -0.00227. The molecule has 2 atom stereocenters. The highest BCUT2D eigenvalue weighted by atomic mass is 19.1. The average Bonchev–Trinajstić information content (AvgIpc) is 3.11. The van der Waals surface area contributed by atoms with Crippen LogP contribution in [0.3, 0.4) is 0 Å². The molecule has 0 spiro atoms. The van der Waals surface area contributed by atoms with E-state index in [1.54, 1.807) is 11.0 Å². The fourth-order valence-electron chi connectivity index (χ4n) is 2.70. The number of carbonyl (C=O) groups is 1. The number of methoxy groups -OCH3 is 1. The average molecular weight is 335 g/mol. The van der Waals surface area contributed by atoms with E-state index in [4.69, 9.17) is 13.9 Å². The molecule has 1 fully saturated rings. The molecule has 0 saturated carbocycles. The molecule has 3 rings (SSSR count). The number of benzene rings is 1. The zero-order chi connectivity index (χ0) is 17.1. The zero-order valence-corrected chi connectivity index (χ0v) is 13.1. The van der Waals surface area contributed by atoms with Gasteiger partial charge in [-0.3, -0.25) is 4.79 Å². The predicted molar refractivity (Wildman–Crippen MR) is 82.6 cm³/mol. The van der Waals surface area contributed by atoms with Gasteiger partial charge in [0.25, 0.3) is 5.91 Å². The lowest BCUT2D eigenvalue weighted by Gasteiger charge is -2.35. The van der Waals surface area contributed by atoms with Gasteiger partial charge in [0.1, 0.15) is 24.3 Å². The first kappa shape index (κ1) is 16.3. The molecule has 2 heterocycles. The molecule has 0 radical (unpaired) electrons. The summed E-state index contributed by atoms with van der Waals surface area (Å²) >= 11 is 0. The van der Waals surface area contributed by atoms with Crippen molar-refractivity contribution in [2.24, 2.45) is 0 Å². The fourth-order valence-corrected chi connectivity index (χ4v) is 2.70. The van der Waals surface area contributed by atoms with Crippen LogP contribution in [0.5, 0.6) is 11.5 Å². The van der Waals surface area contributed by atoms with Gasteiger partial charge in [0, 0.05) is 19.0 Å². The summed E-state index contributed by atoms with van der Waals surface area (Å²) in [6, 6.07) is 5.53. The standard InChI is InChI=1S/C17H18FNO5/c1-22-16-8-12(18)2-3-15(16)24-14-4-6-19(9-13(14)20)17(21)11-5-7-23-10-11/h2-3,5,7-8,10,13-14,20H,4,6,9H2,1H3/t13-,14-/m1/s1. The van der Waals surface area contributed by atoms with Crippen LogP contribution in [0.25, 0.3) is 0 Å². The van der Waals surface area contributed by atoms with Gasteiger partial charge in [0.15, 0.2) is 11.5 Å². The van der Waals surface area contributed by atoms with E-state index in [0.717, 1.165) is 0 Å². The lowest BCUT2D eigenvalue weighted by atomic mass is 10.0. The molecule has 0 unspecified atom stereocenters. The van der Waals surface area contributed by atoms with Crippen LogP contribution >= 0.6 is 0 Å². The van der Waals surface area contributed by atoms with Crippen molar-refractivity contribution in [3.63, 3.8) is 0 Å². The maximum atomic E-state index is 13.2. The molecule has 128 valence electrons. The minimum atomic E-state index is -0.857. The Hall–Kier alpha value is -2.54. The number of β-amino-alcohol motifs (C(OH)–C–C–N with tert-alkyl or cyclic N) is 1. The maximum absolute atomic E-state index is 13.2. The third kappa shape index (κ3) is 3.35. The Bertz CT molecular complexity index is 703. The maximum Gasteiger partial charge on any atom is 0.257 e. The number of furan rings is 1. The number of rotatable bonds is 4. The summed E-state index contributed by atoms with van der Waals surface area (Å²) in [5, 5.41) is 10.3. The number of ether oxygens (including phenoxy) is 2. The molecule has 7 heteroatoms. The van der Waals surface area contributed by atoms with Crippen LogP contribution in [0, 0.1) is 5.82 Å². The van der Waals surface area contributed by atoms with E-state index in [9.17, 15) is 14.3 Å². The Morgan fingerprint density at radius 2 is 2.21 bits per heavy atom. The van der Waals surface area contributed by atoms with Gasteiger partial charge in [0.05, 0.1) is 25.5 Å². The van der Waals surface area contributed by atoms with Gasteiger partial charge in [-0.05, 0) is 18.2 Å². The Morgan fingerprint density at radius 1 is 1.38 bits per heavy atom. The highest BCUT2D eigenvalue weighted by Gasteiger charge is 2.32. The van der Waals surface area contributed by atoms with E-state index < -0.39 is 18.0 Å². The molecule has 2 aromatic rings. The molecule has 0 bridgehead atoms. The van der Waals surface area contributed by atoms with E-state index >= 15 is 0 Å². The van der Waals surface area contributed by atoms with Gasteiger partial charge in [-0.15, -0.1) is 0 Å². The first-order chi connectivity index (χ1) is 11.6. The van der Waals surface area contributed by atoms with Crippen molar-refractivity contribution in [1.29, 1.82) is 0 Å². The van der Waals surface area contributed by atoms with Crippen molar-refractivity contribution in [2.75, 3.05) is 20.2 Å². The summed E-state index contributed by atoms with van der Waals surface area (Å²) in [7, 11) is 1.42. The smallest absolute Gasteiger partial charge is 0.257 e. The molecular formula is C17H18FNO5. The highest BCUT2D eigenvalue weighted by molar-refractivity contribution is 5.93.